The van der Waals surface area contributed by atoms with Gasteiger partial charge in [0.1, 0.15) is 0 Å². The lowest BCUT2D eigenvalue weighted by Crippen LogP contribution is -2.52. The van der Waals surface area contributed by atoms with Crippen molar-refractivity contribution in [1.29, 1.82) is 0 Å². The van der Waals surface area contributed by atoms with E-state index in [-0.39, 0.29) is 36.2 Å². The molecular weight excluding hydrogens is 448 g/mol. The van der Waals surface area contributed by atoms with E-state index in [1.54, 1.807) is 0 Å². The number of benzene rings is 2. The largest absolute Gasteiger partial charge is 0.361 e. The van der Waals surface area contributed by atoms with Gasteiger partial charge in [-0.05, 0) is 76.7 Å². The van der Waals surface area contributed by atoms with Gasteiger partial charge in [-0.1, -0.05) is 48.0 Å². The Morgan fingerprint density at radius 2 is 1.78 bits per heavy atom. The molecule has 1 aliphatic rings. The molecule has 1 saturated carbocycles. The Morgan fingerprint density at radius 1 is 1.03 bits per heavy atom. The van der Waals surface area contributed by atoms with E-state index in [0.29, 0.717) is 6.54 Å². The van der Waals surface area contributed by atoms with Crippen LogP contribution in [0.2, 0.25) is 0 Å². The summed E-state index contributed by atoms with van der Waals surface area (Å²) in [4.78, 5) is 30.5. The SMILES string of the molecule is Cc1cccc(CC2(N(C)C)CCC(NC(=O)CCC(=O)NCCc3c[nH]c4ccccc34)CC2)c1. The predicted octanol–water partition coefficient (Wildman–Crippen LogP) is 4.52. The molecule has 0 aliphatic heterocycles. The number of carbonyl (C=O) groups is 2. The number of H-pyrrole nitrogens is 1. The number of hydrogen-bond donors (Lipinski definition) is 3. The molecule has 3 aromatic rings. The molecule has 1 fully saturated rings. The molecule has 0 spiro atoms. The van der Waals surface area contributed by atoms with Gasteiger partial charge in [0.15, 0.2) is 0 Å². The fourth-order valence-corrected chi connectivity index (χ4v) is 5.57. The van der Waals surface area contributed by atoms with E-state index in [0.717, 1.165) is 44.0 Å². The van der Waals surface area contributed by atoms with Gasteiger partial charge >= 0.3 is 0 Å². The maximum Gasteiger partial charge on any atom is 0.220 e. The molecule has 1 heterocycles. The smallest absolute Gasteiger partial charge is 0.220 e. The average Bonchev–Trinajstić information content (AvgIpc) is 3.27. The number of para-hydroxylation sites is 1. The van der Waals surface area contributed by atoms with Gasteiger partial charge < -0.3 is 20.5 Å². The molecule has 6 nitrogen and oxygen atoms in total. The zero-order valence-corrected chi connectivity index (χ0v) is 21.9. The lowest BCUT2D eigenvalue weighted by molar-refractivity contribution is -0.127. The predicted molar refractivity (Wildman–Crippen MR) is 146 cm³/mol. The minimum atomic E-state index is -0.0709. The van der Waals surface area contributed by atoms with Crippen LogP contribution in [0.5, 0.6) is 0 Å². The topological polar surface area (TPSA) is 77.2 Å². The fourth-order valence-electron chi connectivity index (χ4n) is 5.57. The highest BCUT2D eigenvalue weighted by Gasteiger charge is 2.37. The Kier molecular flexibility index (Phi) is 8.47. The summed E-state index contributed by atoms with van der Waals surface area (Å²) in [5.74, 6) is -0.0961. The number of aryl methyl sites for hydroxylation is 1. The molecule has 0 bridgehead atoms. The second-order valence-corrected chi connectivity index (χ2v) is 10.6. The van der Waals surface area contributed by atoms with Gasteiger partial charge in [-0.2, -0.15) is 0 Å². The van der Waals surface area contributed by atoms with Crippen LogP contribution in [0.4, 0.5) is 0 Å². The van der Waals surface area contributed by atoms with Crippen LogP contribution in [-0.2, 0) is 22.4 Å². The van der Waals surface area contributed by atoms with Gasteiger partial charge in [0.25, 0.3) is 0 Å². The number of nitrogens with zero attached hydrogens (tertiary/aromatic N) is 1. The van der Waals surface area contributed by atoms with E-state index in [9.17, 15) is 9.59 Å². The third-order valence-electron chi connectivity index (χ3n) is 7.82. The van der Waals surface area contributed by atoms with Crippen molar-refractivity contribution in [3.63, 3.8) is 0 Å². The quantitative estimate of drug-likeness (QED) is 0.393. The summed E-state index contributed by atoms with van der Waals surface area (Å²) >= 11 is 0. The van der Waals surface area contributed by atoms with Crippen molar-refractivity contribution in [2.45, 2.75) is 69.9 Å². The van der Waals surface area contributed by atoms with Crippen molar-refractivity contribution >= 4 is 22.7 Å². The number of carbonyl (C=O) groups excluding carboxylic acids is 2. The third-order valence-corrected chi connectivity index (χ3v) is 7.82. The zero-order chi connectivity index (χ0) is 25.5. The van der Waals surface area contributed by atoms with E-state index in [1.807, 2.05) is 24.4 Å². The van der Waals surface area contributed by atoms with E-state index in [2.05, 4.69) is 71.9 Å². The summed E-state index contributed by atoms with van der Waals surface area (Å²) in [6.45, 7) is 2.71. The van der Waals surface area contributed by atoms with Crippen LogP contribution >= 0.6 is 0 Å². The molecule has 2 amide bonds. The number of fused-ring (bicyclic) bond motifs is 1. The number of rotatable bonds is 10. The molecule has 192 valence electrons. The summed E-state index contributed by atoms with van der Waals surface area (Å²) in [6.07, 6.45) is 8.28. The minimum absolute atomic E-state index is 0.0252. The highest BCUT2D eigenvalue weighted by Crippen LogP contribution is 2.35. The summed E-state index contributed by atoms with van der Waals surface area (Å²) < 4.78 is 0. The van der Waals surface area contributed by atoms with Crippen molar-refractivity contribution in [3.8, 4) is 0 Å². The van der Waals surface area contributed by atoms with Gasteiger partial charge in [-0.3, -0.25) is 9.59 Å². The van der Waals surface area contributed by atoms with Crippen LogP contribution in [0.15, 0.2) is 54.7 Å². The molecule has 36 heavy (non-hydrogen) atoms. The number of aromatic amines is 1. The molecule has 1 aromatic heterocycles. The van der Waals surface area contributed by atoms with E-state index >= 15 is 0 Å². The lowest BCUT2D eigenvalue weighted by atomic mass is 9.74. The summed E-state index contributed by atoms with van der Waals surface area (Å²) in [7, 11) is 4.34. The minimum Gasteiger partial charge on any atom is -0.361 e. The van der Waals surface area contributed by atoms with Gasteiger partial charge in [0, 0.05) is 48.1 Å². The second kappa shape index (κ2) is 11.7. The van der Waals surface area contributed by atoms with E-state index < -0.39 is 0 Å². The van der Waals surface area contributed by atoms with E-state index in [4.69, 9.17) is 0 Å². The van der Waals surface area contributed by atoms with Crippen molar-refractivity contribution in [3.05, 3.63) is 71.4 Å². The van der Waals surface area contributed by atoms with Crippen LogP contribution in [-0.4, -0.2) is 53.9 Å². The standard InChI is InChI=1S/C30H40N4O2/c1-22-7-6-8-23(19-22)20-30(34(2)3)16-13-25(14-17-30)33-29(36)12-11-28(35)31-18-15-24-21-32-27-10-5-4-9-26(24)27/h4-10,19,21,25,32H,11-18,20H2,1-3H3,(H,31,35)(H,33,36). The number of hydrogen-bond acceptors (Lipinski definition) is 3. The van der Waals surface area contributed by atoms with Crippen LogP contribution in [0.1, 0.15) is 55.2 Å². The molecular formula is C30H40N4O2. The molecule has 0 saturated heterocycles. The molecule has 3 N–H and O–H groups in total. The normalized spacial score (nSPS) is 19.9. The molecule has 2 aromatic carbocycles. The Bertz CT molecular complexity index is 1170. The lowest BCUT2D eigenvalue weighted by Gasteiger charge is -2.45. The van der Waals surface area contributed by atoms with Gasteiger partial charge in [0.05, 0.1) is 0 Å². The molecule has 1 aliphatic carbocycles. The Balaban J connectivity index is 1.17. The van der Waals surface area contributed by atoms with Crippen molar-refractivity contribution in [2.24, 2.45) is 0 Å². The summed E-state index contributed by atoms with van der Waals surface area (Å²) in [5, 5.41) is 7.33. The highest BCUT2D eigenvalue weighted by atomic mass is 16.2. The van der Waals surface area contributed by atoms with Crippen LogP contribution < -0.4 is 10.6 Å². The van der Waals surface area contributed by atoms with Gasteiger partial charge in [-0.15, -0.1) is 0 Å². The first-order valence-corrected chi connectivity index (χ1v) is 13.2. The van der Waals surface area contributed by atoms with E-state index in [1.165, 1.54) is 22.1 Å². The van der Waals surface area contributed by atoms with Crippen LogP contribution in [0.25, 0.3) is 10.9 Å². The first-order chi connectivity index (χ1) is 17.3. The maximum atomic E-state index is 12.5. The molecule has 6 heteroatoms. The summed E-state index contributed by atoms with van der Waals surface area (Å²) in [5.41, 5.74) is 5.10. The fraction of sp³-hybridized carbons (Fsp3) is 0.467. The monoisotopic (exact) mass is 488 g/mol. The molecule has 0 radical (unpaired) electrons. The van der Waals surface area contributed by atoms with Crippen molar-refractivity contribution < 1.29 is 9.59 Å². The first kappa shape index (κ1) is 26.0. The number of nitrogens with one attached hydrogen (secondary N) is 3. The summed E-state index contributed by atoms with van der Waals surface area (Å²) in [6, 6.07) is 17.1. The highest BCUT2D eigenvalue weighted by molar-refractivity contribution is 5.84. The van der Waals surface area contributed by atoms with Crippen LogP contribution in [0.3, 0.4) is 0 Å². The Hall–Kier alpha value is -3.12. The second-order valence-electron chi connectivity index (χ2n) is 10.6. The van der Waals surface area contributed by atoms with Crippen molar-refractivity contribution in [2.75, 3.05) is 20.6 Å². The third kappa shape index (κ3) is 6.55. The molecule has 0 unspecified atom stereocenters. The molecule has 4 rings (SSSR count). The number of aromatic nitrogens is 1. The molecule has 0 atom stereocenters. The van der Waals surface area contributed by atoms with Gasteiger partial charge in [-0.25, -0.2) is 0 Å². The van der Waals surface area contributed by atoms with Crippen molar-refractivity contribution in [1.82, 2.24) is 20.5 Å². The Morgan fingerprint density at radius 3 is 2.53 bits per heavy atom. The Labute approximate surface area is 214 Å². The van der Waals surface area contributed by atoms with Gasteiger partial charge in [0.2, 0.25) is 11.8 Å². The van der Waals surface area contributed by atoms with Crippen LogP contribution in [0, 0.1) is 6.92 Å². The number of likely N-dealkylation sites (N-methyl/N-ethyl adjacent to an activating group) is 1. The zero-order valence-electron chi connectivity index (χ0n) is 21.9. The average molecular weight is 489 g/mol. The maximum absolute atomic E-state index is 12.5. The first-order valence-electron chi connectivity index (χ1n) is 13.2. The number of amides is 2.